The third kappa shape index (κ3) is 1.90. The highest BCUT2D eigenvalue weighted by atomic mass is 16.1. The fourth-order valence-corrected chi connectivity index (χ4v) is 0.400. The van der Waals surface area contributed by atoms with Gasteiger partial charge in [-0.15, -0.1) is 0 Å². The number of hydrogen-bond acceptors (Lipinski definition) is 2. The van der Waals surface area contributed by atoms with Gasteiger partial charge >= 0.3 is 0 Å². The van der Waals surface area contributed by atoms with Crippen LogP contribution in [0.3, 0.4) is 0 Å². The zero-order chi connectivity index (χ0) is 8.15. The SMILES string of the molecule is C=CC(=C)N(C)C(=C)C=O. The molecule has 2 heteroatoms. The lowest BCUT2D eigenvalue weighted by Gasteiger charge is -2.16. The summed E-state index contributed by atoms with van der Waals surface area (Å²) in [6.07, 6.45) is 2.24. The molecule has 0 aliphatic carbocycles. The van der Waals surface area contributed by atoms with E-state index in [1.54, 1.807) is 18.0 Å². The minimum Gasteiger partial charge on any atom is -0.343 e. The van der Waals surface area contributed by atoms with E-state index in [0.717, 1.165) is 0 Å². The first-order valence-electron chi connectivity index (χ1n) is 2.82. The van der Waals surface area contributed by atoms with Crippen LogP contribution < -0.4 is 0 Å². The molecule has 0 unspecified atom stereocenters. The van der Waals surface area contributed by atoms with Crippen LogP contribution >= 0.6 is 0 Å². The lowest BCUT2D eigenvalue weighted by molar-refractivity contribution is -0.105. The summed E-state index contributed by atoms with van der Waals surface area (Å²) in [4.78, 5) is 11.7. The van der Waals surface area contributed by atoms with Crippen molar-refractivity contribution in [2.45, 2.75) is 0 Å². The zero-order valence-corrected chi connectivity index (χ0v) is 6.13. The molecule has 54 valence electrons. The van der Waals surface area contributed by atoms with E-state index < -0.39 is 0 Å². The van der Waals surface area contributed by atoms with Crippen LogP contribution in [-0.2, 0) is 4.79 Å². The predicted octanol–water partition coefficient (Wildman–Crippen LogP) is 1.33. The molecular weight excluding hydrogens is 126 g/mol. The van der Waals surface area contributed by atoms with Crippen molar-refractivity contribution in [1.82, 2.24) is 4.90 Å². The molecule has 0 spiro atoms. The van der Waals surface area contributed by atoms with Crippen molar-refractivity contribution in [3.63, 3.8) is 0 Å². The first-order chi connectivity index (χ1) is 4.63. The Kier molecular flexibility index (Phi) is 3.19. The largest absolute Gasteiger partial charge is 0.343 e. The highest BCUT2D eigenvalue weighted by Crippen LogP contribution is 2.03. The maximum absolute atomic E-state index is 10.2. The summed E-state index contributed by atoms with van der Waals surface area (Å²) in [5.41, 5.74) is 1.04. The van der Waals surface area contributed by atoms with Crippen LogP contribution in [0, 0.1) is 0 Å². The number of likely N-dealkylation sites (N-methyl/N-ethyl adjacent to an activating group) is 1. The lowest BCUT2D eigenvalue weighted by Crippen LogP contribution is -2.14. The van der Waals surface area contributed by atoms with Gasteiger partial charge in [-0.25, -0.2) is 0 Å². The van der Waals surface area contributed by atoms with Gasteiger partial charge in [0.1, 0.15) is 0 Å². The van der Waals surface area contributed by atoms with Crippen molar-refractivity contribution in [3.8, 4) is 0 Å². The summed E-state index contributed by atoms with van der Waals surface area (Å²) in [5, 5.41) is 0. The van der Waals surface area contributed by atoms with Crippen LogP contribution in [0.25, 0.3) is 0 Å². The van der Waals surface area contributed by atoms with Gasteiger partial charge in [-0.1, -0.05) is 19.7 Å². The van der Waals surface area contributed by atoms with E-state index in [-0.39, 0.29) is 0 Å². The number of hydrogen-bond donors (Lipinski definition) is 0. The van der Waals surface area contributed by atoms with Gasteiger partial charge in [-0.05, 0) is 6.08 Å². The van der Waals surface area contributed by atoms with Crippen LogP contribution in [0.2, 0.25) is 0 Å². The van der Waals surface area contributed by atoms with E-state index in [2.05, 4.69) is 19.7 Å². The lowest BCUT2D eigenvalue weighted by atomic mass is 10.4. The summed E-state index contributed by atoms with van der Waals surface area (Å²) in [5.74, 6) is 0. The molecule has 0 saturated heterocycles. The summed E-state index contributed by atoms with van der Waals surface area (Å²) >= 11 is 0. The van der Waals surface area contributed by atoms with E-state index in [1.165, 1.54) is 0 Å². The van der Waals surface area contributed by atoms with Crippen LogP contribution in [0.4, 0.5) is 0 Å². The predicted molar refractivity (Wildman–Crippen MR) is 42.3 cm³/mol. The molecule has 0 fully saturated rings. The number of rotatable bonds is 4. The van der Waals surface area contributed by atoms with Crippen molar-refractivity contribution in [2.24, 2.45) is 0 Å². The third-order valence-corrected chi connectivity index (χ3v) is 1.23. The maximum atomic E-state index is 10.2. The van der Waals surface area contributed by atoms with Crippen molar-refractivity contribution >= 4 is 6.29 Å². The van der Waals surface area contributed by atoms with Gasteiger partial charge in [0.05, 0.1) is 5.70 Å². The van der Waals surface area contributed by atoms with E-state index in [4.69, 9.17) is 0 Å². The maximum Gasteiger partial charge on any atom is 0.165 e. The number of nitrogens with zero attached hydrogens (tertiary/aromatic N) is 1. The third-order valence-electron chi connectivity index (χ3n) is 1.23. The molecule has 0 aromatic heterocycles. The Balaban J connectivity index is 4.20. The van der Waals surface area contributed by atoms with Gasteiger partial charge in [-0.3, -0.25) is 4.79 Å². The molecule has 10 heavy (non-hydrogen) atoms. The van der Waals surface area contributed by atoms with E-state index in [1.807, 2.05) is 0 Å². The Morgan fingerprint density at radius 1 is 1.40 bits per heavy atom. The molecule has 2 nitrogen and oxygen atoms in total. The van der Waals surface area contributed by atoms with Crippen molar-refractivity contribution < 1.29 is 4.79 Å². The number of allylic oxidation sites excluding steroid dienone is 2. The second-order valence-corrected chi connectivity index (χ2v) is 1.86. The fourth-order valence-electron chi connectivity index (χ4n) is 0.400. The van der Waals surface area contributed by atoms with Gasteiger partial charge < -0.3 is 4.90 Å². The summed E-state index contributed by atoms with van der Waals surface area (Å²) in [6, 6.07) is 0. The summed E-state index contributed by atoms with van der Waals surface area (Å²) < 4.78 is 0. The molecule has 0 atom stereocenters. The first-order valence-corrected chi connectivity index (χ1v) is 2.82. The molecule has 0 heterocycles. The molecule has 0 bridgehead atoms. The highest BCUT2D eigenvalue weighted by molar-refractivity contribution is 5.71. The second-order valence-electron chi connectivity index (χ2n) is 1.86. The molecule has 0 radical (unpaired) electrons. The van der Waals surface area contributed by atoms with Crippen LogP contribution in [0.1, 0.15) is 0 Å². The second kappa shape index (κ2) is 3.67. The van der Waals surface area contributed by atoms with Crippen LogP contribution in [-0.4, -0.2) is 18.2 Å². The van der Waals surface area contributed by atoms with Gasteiger partial charge in [0, 0.05) is 12.7 Å². The number of carbonyl (C=O) groups is 1. The summed E-state index contributed by atoms with van der Waals surface area (Å²) in [7, 11) is 1.71. The van der Waals surface area contributed by atoms with Gasteiger partial charge in [0.2, 0.25) is 0 Å². The number of carbonyl (C=O) groups excluding carboxylic acids is 1. The van der Waals surface area contributed by atoms with Crippen LogP contribution in [0.5, 0.6) is 0 Å². The van der Waals surface area contributed by atoms with Crippen molar-refractivity contribution in [1.29, 1.82) is 0 Å². The average molecular weight is 137 g/mol. The Hall–Kier alpha value is -1.31. The molecule has 0 aliphatic heterocycles. The molecule has 0 amide bonds. The normalized spacial score (nSPS) is 8.10. The minimum atomic E-state index is 0.380. The smallest absolute Gasteiger partial charge is 0.165 e. The first kappa shape index (κ1) is 8.69. The van der Waals surface area contributed by atoms with Crippen molar-refractivity contribution in [2.75, 3.05) is 7.05 Å². The molecular formula is C8H11NO. The fraction of sp³-hybridized carbons (Fsp3) is 0.125. The zero-order valence-electron chi connectivity index (χ0n) is 6.13. The minimum absolute atomic E-state index is 0.380. The van der Waals surface area contributed by atoms with E-state index in [9.17, 15) is 4.79 Å². The Bertz CT molecular complexity index is 162. The monoisotopic (exact) mass is 137 g/mol. The topological polar surface area (TPSA) is 20.3 Å². The van der Waals surface area contributed by atoms with E-state index in [0.29, 0.717) is 17.7 Å². The molecule has 0 aromatic rings. The molecule has 0 aromatic carbocycles. The summed E-state index contributed by atoms with van der Waals surface area (Å²) in [6.45, 7) is 10.6. The average Bonchev–Trinajstić information content (AvgIpc) is 2.00. The van der Waals surface area contributed by atoms with Gasteiger partial charge in [0.25, 0.3) is 0 Å². The molecule has 0 aliphatic rings. The molecule has 0 saturated carbocycles. The van der Waals surface area contributed by atoms with E-state index >= 15 is 0 Å². The molecule has 0 rings (SSSR count). The highest BCUT2D eigenvalue weighted by Gasteiger charge is 1.99. The quantitative estimate of drug-likeness (QED) is 0.331. The Labute approximate surface area is 61.1 Å². The Morgan fingerprint density at radius 3 is 2.20 bits per heavy atom. The van der Waals surface area contributed by atoms with Gasteiger partial charge in [0.15, 0.2) is 6.29 Å². The molecule has 0 N–H and O–H groups in total. The van der Waals surface area contributed by atoms with Gasteiger partial charge in [-0.2, -0.15) is 0 Å². The van der Waals surface area contributed by atoms with Crippen molar-refractivity contribution in [3.05, 3.63) is 37.2 Å². The van der Waals surface area contributed by atoms with Crippen LogP contribution in [0.15, 0.2) is 37.2 Å². The number of aldehydes is 1. The standard InChI is InChI=1S/C8H11NO/c1-5-7(2)9(4)8(3)6-10/h5-6H,1-3H2,4H3. The Morgan fingerprint density at radius 2 is 1.90 bits per heavy atom.